The lowest BCUT2D eigenvalue weighted by atomic mass is 9.99. The molecular weight excluding hydrogens is 348 g/mol. The molecule has 2 aliphatic rings. The Labute approximate surface area is 166 Å². The highest BCUT2D eigenvalue weighted by molar-refractivity contribution is 6.09. The van der Waals surface area contributed by atoms with Gasteiger partial charge in [0.1, 0.15) is 25.4 Å². The van der Waals surface area contributed by atoms with Gasteiger partial charge in [-0.15, -0.1) is 0 Å². The number of ether oxygens (including phenoxy) is 1. The molecule has 0 aromatic heterocycles. The van der Waals surface area contributed by atoms with Crippen molar-refractivity contribution in [3.63, 3.8) is 0 Å². The number of amidine groups is 1. The predicted octanol–water partition coefficient (Wildman–Crippen LogP) is 3.13. The summed E-state index contributed by atoms with van der Waals surface area (Å²) in [4.78, 5) is 2.34. The van der Waals surface area contributed by atoms with Gasteiger partial charge in [0.05, 0.1) is 43.6 Å². The van der Waals surface area contributed by atoms with Crippen LogP contribution in [0, 0.1) is 22.7 Å². The predicted molar refractivity (Wildman–Crippen MR) is 113 cm³/mol. The molecule has 0 saturated carbocycles. The first kappa shape index (κ1) is 18.3. The van der Waals surface area contributed by atoms with Crippen LogP contribution in [0.15, 0.2) is 48.5 Å². The number of hydrogen-bond acceptors (Lipinski definition) is 4. The topological polar surface area (TPSA) is 60.2 Å². The highest BCUT2D eigenvalue weighted by atomic mass is 16.5. The van der Waals surface area contributed by atoms with E-state index in [4.69, 9.17) is 15.6 Å². The number of para-hydroxylation sites is 2. The van der Waals surface area contributed by atoms with Crippen molar-refractivity contribution in [2.45, 2.75) is 6.42 Å². The number of nitrogens with one attached hydrogen (secondary N) is 2. The van der Waals surface area contributed by atoms with E-state index >= 15 is 0 Å². The minimum absolute atomic E-state index is 0.442. The molecule has 28 heavy (non-hydrogen) atoms. The van der Waals surface area contributed by atoms with Crippen LogP contribution < -0.4 is 9.64 Å². The van der Waals surface area contributed by atoms with Gasteiger partial charge in [-0.2, -0.15) is 0 Å². The zero-order valence-electron chi connectivity index (χ0n) is 16.2. The van der Waals surface area contributed by atoms with Crippen LogP contribution >= 0.6 is 0 Å². The van der Waals surface area contributed by atoms with E-state index in [0.717, 1.165) is 48.7 Å². The van der Waals surface area contributed by atoms with Gasteiger partial charge in [-0.25, -0.2) is 0 Å². The van der Waals surface area contributed by atoms with Crippen LogP contribution in [0.25, 0.3) is 0 Å². The third kappa shape index (κ3) is 3.17. The first-order valence-electron chi connectivity index (χ1n) is 9.61. The molecule has 0 atom stereocenters. The van der Waals surface area contributed by atoms with Crippen molar-refractivity contribution in [1.29, 1.82) is 10.8 Å². The lowest BCUT2D eigenvalue weighted by Crippen LogP contribution is -2.63. The molecule has 5 nitrogen and oxygen atoms in total. The fourth-order valence-corrected chi connectivity index (χ4v) is 4.10. The summed E-state index contributed by atoms with van der Waals surface area (Å²) in [7, 11) is 1.70. The highest BCUT2D eigenvalue weighted by Gasteiger charge is 2.39. The number of anilines is 1. The normalized spacial score (nSPS) is 18.4. The minimum Gasteiger partial charge on any atom is -0.495 e. The minimum atomic E-state index is 0.442. The van der Waals surface area contributed by atoms with E-state index in [1.54, 1.807) is 7.11 Å². The average molecular weight is 373 g/mol. The number of benzene rings is 2. The molecule has 2 aliphatic heterocycles. The van der Waals surface area contributed by atoms with E-state index in [9.17, 15) is 0 Å². The SMILES string of the molecule is COc1ccccc1N1CC[N+]2(CC#CCC(=N)c3ccccc3C2=N)CC1. The molecule has 2 aromatic carbocycles. The van der Waals surface area contributed by atoms with E-state index in [1.807, 2.05) is 42.5 Å². The smallest absolute Gasteiger partial charge is 0.229 e. The van der Waals surface area contributed by atoms with Gasteiger partial charge in [-0.05, 0) is 24.1 Å². The molecule has 4 rings (SSSR count). The largest absolute Gasteiger partial charge is 0.495 e. The van der Waals surface area contributed by atoms with E-state index < -0.39 is 0 Å². The fourth-order valence-electron chi connectivity index (χ4n) is 4.10. The molecule has 1 spiro atoms. The number of hydrogen-bond donors (Lipinski definition) is 2. The standard InChI is InChI=1S/C23H25N4O/c1-28-22-12-5-4-11-21(22)26-13-16-27(17-14-26)15-7-6-10-20(24)18-8-2-3-9-19(18)23(27)25/h2-5,8-9,11-12,24-25H,10,13-17H2,1H3/q+1. The summed E-state index contributed by atoms with van der Waals surface area (Å²) in [5, 5.41) is 17.4. The zero-order valence-corrected chi connectivity index (χ0v) is 16.2. The second-order valence-corrected chi connectivity index (χ2v) is 7.31. The molecule has 1 fully saturated rings. The van der Waals surface area contributed by atoms with Gasteiger partial charge < -0.3 is 15.0 Å². The maximum atomic E-state index is 9.05. The summed E-state index contributed by atoms with van der Waals surface area (Å²) in [6.45, 7) is 3.93. The van der Waals surface area contributed by atoms with Gasteiger partial charge in [0.15, 0.2) is 0 Å². The second kappa shape index (κ2) is 7.49. The molecule has 0 aliphatic carbocycles. The summed E-state index contributed by atoms with van der Waals surface area (Å²) in [6.07, 6.45) is 0.442. The fraction of sp³-hybridized carbons (Fsp3) is 0.304. The summed E-state index contributed by atoms with van der Waals surface area (Å²) in [5.74, 6) is 7.87. The van der Waals surface area contributed by atoms with Crippen LogP contribution in [0.2, 0.25) is 0 Å². The Morgan fingerprint density at radius 2 is 1.61 bits per heavy atom. The molecule has 0 bridgehead atoms. The van der Waals surface area contributed by atoms with Crippen LogP contribution in [0.3, 0.4) is 0 Å². The Morgan fingerprint density at radius 1 is 0.929 bits per heavy atom. The third-order valence-corrected chi connectivity index (χ3v) is 5.78. The first-order chi connectivity index (χ1) is 13.6. The van der Waals surface area contributed by atoms with Crippen molar-refractivity contribution in [1.82, 2.24) is 0 Å². The molecule has 2 N–H and O–H groups in total. The van der Waals surface area contributed by atoms with Gasteiger partial charge in [-0.3, -0.25) is 9.89 Å². The van der Waals surface area contributed by atoms with Crippen LogP contribution in [-0.2, 0) is 0 Å². The molecule has 142 valence electrons. The Hall–Kier alpha value is -3.10. The van der Waals surface area contributed by atoms with E-state index in [0.29, 0.717) is 29.0 Å². The third-order valence-electron chi connectivity index (χ3n) is 5.78. The van der Waals surface area contributed by atoms with Gasteiger partial charge in [0, 0.05) is 5.56 Å². The lowest BCUT2D eigenvalue weighted by Gasteiger charge is -2.44. The molecule has 5 heteroatoms. The molecular formula is C23H25N4O+. The Kier molecular flexibility index (Phi) is 4.89. The Balaban J connectivity index is 1.65. The second-order valence-electron chi connectivity index (χ2n) is 7.31. The van der Waals surface area contributed by atoms with Crippen molar-refractivity contribution in [2.75, 3.05) is 44.7 Å². The van der Waals surface area contributed by atoms with Crippen LogP contribution in [0.5, 0.6) is 5.75 Å². The van der Waals surface area contributed by atoms with Crippen LogP contribution in [-0.4, -0.2) is 55.9 Å². The monoisotopic (exact) mass is 373 g/mol. The zero-order chi connectivity index (χ0) is 19.6. The van der Waals surface area contributed by atoms with Crippen molar-refractivity contribution in [2.24, 2.45) is 0 Å². The number of nitrogens with zero attached hydrogens (tertiary/aromatic N) is 2. The molecule has 2 heterocycles. The number of piperazine rings is 1. The maximum Gasteiger partial charge on any atom is 0.229 e. The summed E-state index contributed by atoms with van der Waals surface area (Å²) in [6, 6.07) is 15.9. The Bertz CT molecular complexity index is 977. The van der Waals surface area contributed by atoms with E-state index in [-0.39, 0.29) is 0 Å². The van der Waals surface area contributed by atoms with Crippen LogP contribution in [0.1, 0.15) is 17.5 Å². The summed E-state index contributed by atoms with van der Waals surface area (Å²) >= 11 is 0. The van der Waals surface area contributed by atoms with Crippen molar-refractivity contribution >= 4 is 17.2 Å². The van der Waals surface area contributed by atoms with Gasteiger partial charge >= 0.3 is 0 Å². The van der Waals surface area contributed by atoms with Crippen LogP contribution in [0.4, 0.5) is 5.69 Å². The van der Waals surface area contributed by atoms with Gasteiger partial charge in [0.25, 0.3) is 0 Å². The lowest BCUT2D eigenvalue weighted by molar-refractivity contribution is -0.835. The average Bonchev–Trinajstić information content (AvgIpc) is 2.80. The molecule has 0 amide bonds. The van der Waals surface area contributed by atoms with Gasteiger partial charge in [0.2, 0.25) is 5.84 Å². The Morgan fingerprint density at radius 3 is 2.36 bits per heavy atom. The van der Waals surface area contributed by atoms with E-state index in [1.165, 1.54) is 0 Å². The molecule has 1 saturated heterocycles. The number of rotatable bonds is 2. The van der Waals surface area contributed by atoms with Crippen molar-refractivity contribution < 1.29 is 9.22 Å². The molecule has 0 radical (unpaired) electrons. The molecule has 0 unspecified atom stereocenters. The van der Waals surface area contributed by atoms with Crippen molar-refractivity contribution in [3.05, 3.63) is 59.7 Å². The number of methoxy groups -OCH3 is 1. The number of fused-ring (bicyclic) bond motifs is 1. The van der Waals surface area contributed by atoms with Gasteiger partial charge in [-0.1, -0.05) is 36.3 Å². The van der Waals surface area contributed by atoms with E-state index in [2.05, 4.69) is 22.8 Å². The summed E-state index contributed by atoms with van der Waals surface area (Å²) < 4.78 is 6.08. The molecule has 2 aromatic rings. The highest BCUT2D eigenvalue weighted by Crippen LogP contribution is 2.30. The van der Waals surface area contributed by atoms with Crippen molar-refractivity contribution in [3.8, 4) is 17.6 Å². The summed E-state index contributed by atoms with van der Waals surface area (Å²) in [5.41, 5.74) is 3.31. The number of quaternary nitrogens is 1. The quantitative estimate of drug-likeness (QED) is 0.628. The first-order valence-corrected chi connectivity index (χ1v) is 9.61. The maximum absolute atomic E-state index is 9.05.